The van der Waals surface area contributed by atoms with E-state index in [4.69, 9.17) is 9.47 Å². The molecular weight excluding hydrogens is 287 g/mol. The smallest absolute Gasteiger partial charge is 0.172 e. The Hall–Kier alpha value is -2.40. The molecule has 1 aliphatic rings. The zero-order valence-electron chi connectivity index (χ0n) is 12.0. The molecule has 5 heteroatoms. The Labute approximate surface area is 127 Å². The maximum Gasteiger partial charge on any atom is 0.172 e. The van der Waals surface area contributed by atoms with Crippen LogP contribution in [-0.2, 0) is 0 Å². The Kier molecular flexibility index (Phi) is 3.81. The molecule has 3 rings (SSSR count). The van der Waals surface area contributed by atoms with E-state index in [1.165, 1.54) is 31.4 Å². The first kappa shape index (κ1) is 14.5. The van der Waals surface area contributed by atoms with E-state index in [-0.39, 0.29) is 12.4 Å². The van der Waals surface area contributed by atoms with Gasteiger partial charge in [0.05, 0.1) is 19.1 Å². The minimum absolute atomic E-state index is 0.0801. The Morgan fingerprint density at radius 1 is 1.27 bits per heavy atom. The summed E-state index contributed by atoms with van der Waals surface area (Å²) in [7, 11) is 1.53. The van der Waals surface area contributed by atoms with E-state index in [2.05, 4.69) is 0 Å². The lowest BCUT2D eigenvalue weighted by Gasteiger charge is -2.29. The van der Waals surface area contributed by atoms with E-state index < -0.39 is 17.8 Å². The fourth-order valence-electron chi connectivity index (χ4n) is 2.55. The normalized spacial score (nSPS) is 20.0. The summed E-state index contributed by atoms with van der Waals surface area (Å²) in [4.78, 5) is 12.5. The van der Waals surface area contributed by atoms with Gasteiger partial charge < -0.3 is 14.6 Å². The molecule has 0 aromatic heterocycles. The van der Waals surface area contributed by atoms with E-state index in [9.17, 15) is 14.3 Å². The molecule has 114 valence electrons. The summed E-state index contributed by atoms with van der Waals surface area (Å²) in [6.07, 6.45) is -0.989. The second-order valence-corrected chi connectivity index (χ2v) is 5.14. The molecule has 1 N–H and O–H groups in total. The van der Waals surface area contributed by atoms with Crippen LogP contribution in [0.5, 0.6) is 11.5 Å². The number of ether oxygens (including phenoxy) is 2. The fraction of sp³-hybridized carbons (Fsp3) is 0.235. The summed E-state index contributed by atoms with van der Waals surface area (Å²) in [6, 6.07) is 10.4. The molecule has 1 aliphatic heterocycles. The van der Waals surface area contributed by atoms with E-state index >= 15 is 0 Å². The van der Waals surface area contributed by atoms with Gasteiger partial charge in [-0.25, -0.2) is 4.39 Å². The van der Waals surface area contributed by atoms with Crippen LogP contribution in [0.15, 0.2) is 42.5 Å². The Balaban J connectivity index is 1.89. The van der Waals surface area contributed by atoms with Gasteiger partial charge in [-0.1, -0.05) is 0 Å². The van der Waals surface area contributed by atoms with Crippen molar-refractivity contribution in [2.24, 2.45) is 5.92 Å². The molecule has 0 fully saturated rings. The highest BCUT2D eigenvalue weighted by Crippen LogP contribution is 2.38. The van der Waals surface area contributed by atoms with Crippen molar-refractivity contribution >= 4 is 5.78 Å². The Morgan fingerprint density at radius 3 is 2.68 bits per heavy atom. The lowest BCUT2D eigenvalue weighted by molar-refractivity contribution is 0.0416. The second kappa shape index (κ2) is 5.77. The van der Waals surface area contributed by atoms with Gasteiger partial charge >= 0.3 is 0 Å². The number of methoxy groups -OCH3 is 1. The van der Waals surface area contributed by atoms with Crippen molar-refractivity contribution in [2.45, 2.75) is 6.10 Å². The van der Waals surface area contributed by atoms with Crippen LogP contribution in [0.2, 0.25) is 0 Å². The number of carbonyl (C=O) groups excluding carboxylic acids is 1. The number of aliphatic hydroxyl groups is 1. The van der Waals surface area contributed by atoms with E-state index in [0.29, 0.717) is 22.6 Å². The third kappa shape index (κ3) is 2.55. The summed E-state index contributed by atoms with van der Waals surface area (Å²) < 4.78 is 23.6. The molecule has 0 aliphatic carbocycles. The second-order valence-electron chi connectivity index (χ2n) is 5.14. The molecule has 0 radical (unpaired) electrons. The number of hydrogen-bond donors (Lipinski definition) is 1. The highest BCUT2D eigenvalue weighted by atomic mass is 19.1. The molecule has 2 atom stereocenters. The van der Waals surface area contributed by atoms with Gasteiger partial charge in [-0.15, -0.1) is 0 Å². The highest BCUT2D eigenvalue weighted by molar-refractivity contribution is 5.98. The van der Waals surface area contributed by atoms with Crippen molar-refractivity contribution in [3.8, 4) is 11.5 Å². The zero-order chi connectivity index (χ0) is 15.7. The number of fused-ring (bicyclic) bond motifs is 1. The highest BCUT2D eigenvalue weighted by Gasteiger charge is 2.35. The molecular formula is C17H15FO4. The van der Waals surface area contributed by atoms with Crippen LogP contribution >= 0.6 is 0 Å². The van der Waals surface area contributed by atoms with Crippen molar-refractivity contribution in [1.29, 1.82) is 0 Å². The van der Waals surface area contributed by atoms with Crippen LogP contribution in [0.25, 0.3) is 0 Å². The number of ketones is 1. The molecule has 2 aromatic rings. The third-order valence-electron chi connectivity index (χ3n) is 3.80. The topological polar surface area (TPSA) is 55.8 Å². The molecule has 2 unspecified atom stereocenters. The van der Waals surface area contributed by atoms with Gasteiger partial charge in [-0.3, -0.25) is 4.79 Å². The van der Waals surface area contributed by atoms with Crippen molar-refractivity contribution < 1.29 is 23.8 Å². The van der Waals surface area contributed by atoms with Gasteiger partial charge in [0.15, 0.2) is 5.78 Å². The van der Waals surface area contributed by atoms with Crippen molar-refractivity contribution in [2.75, 3.05) is 13.7 Å². The van der Waals surface area contributed by atoms with Gasteiger partial charge in [0.2, 0.25) is 0 Å². The molecule has 2 aromatic carbocycles. The summed E-state index contributed by atoms with van der Waals surface area (Å²) in [5.41, 5.74) is 0.867. The average Bonchev–Trinajstić information content (AvgIpc) is 2.55. The maximum absolute atomic E-state index is 13.0. The fourth-order valence-corrected chi connectivity index (χ4v) is 2.55. The molecule has 1 heterocycles. The van der Waals surface area contributed by atoms with Crippen molar-refractivity contribution in [1.82, 2.24) is 0 Å². The van der Waals surface area contributed by atoms with E-state index in [0.717, 1.165) is 0 Å². The van der Waals surface area contributed by atoms with Gasteiger partial charge in [0.1, 0.15) is 23.9 Å². The van der Waals surface area contributed by atoms with Crippen LogP contribution in [0.1, 0.15) is 22.0 Å². The Bertz CT molecular complexity index is 696. The first-order chi connectivity index (χ1) is 10.6. The molecule has 0 amide bonds. The van der Waals surface area contributed by atoms with Gasteiger partial charge in [0.25, 0.3) is 0 Å². The van der Waals surface area contributed by atoms with Gasteiger partial charge in [0, 0.05) is 11.1 Å². The third-order valence-corrected chi connectivity index (χ3v) is 3.80. The standard InChI is InChI=1S/C17H15FO4/c1-21-12-6-7-15-13(8-12)17(20)14(9-22-15)16(19)10-2-4-11(18)5-3-10/h2-8,14,17,20H,9H2,1H3. The number of halogens is 1. The van der Waals surface area contributed by atoms with E-state index in [1.54, 1.807) is 18.2 Å². The lowest BCUT2D eigenvalue weighted by atomic mass is 9.87. The van der Waals surface area contributed by atoms with Crippen LogP contribution in [0, 0.1) is 11.7 Å². The molecule has 0 saturated carbocycles. The summed E-state index contributed by atoms with van der Waals surface area (Å²) >= 11 is 0. The summed E-state index contributed by atoms with van der Waals surface area (Å²) in [5.74, 6) is -0.300. The number of Topliss-reactive ketones (excluding diaryl/α,β-unsaturated/α-hetero) is 1. The molecule has 4 nitrogen and oxygen atoms in total. The largest absolute Gasteiger partial charge is 0.497 e. The predicted molar refractivity (Wildman–Crippen MR) is 77.7 cm³/mol. The average molecular weight is 302 g/mol. The molecule has 0 spiro atoms. The predicted octanol–water partition coefficient (Wildman–Crippen LogP) is 2.76. The van der Waals surface area contributed by atoms with Crippen molar-refractivity contribution in [3.63, 3.8) is 0 Å². The summed E-state index contributed by atoms with van der Waals surface area (Å²) in [5, 5.41) is 10.5. The van der Waals surface area contributed by atoms with Gasteiger partial charge in [-0.05, 0) is 42.5 Å². The molecule has 0 bridgehead atoms. The van der Waals surface area contributed by atoms with Crippen LogP contribution < -0.4 is 9.47 Å². The minimum Gasteiger partial charge on any atom is -0.497 e. The molecule has 22 heavy (non-hydrogen) atoms. The monoisotopic (exact) mass is 302 g/mol. The van der Waals surface area contributed by atoms with E-state index in [1.807, 2.05) is 0 Å². The van der Waals surface area contributed by atoms with Gasteiger partial charge in [-0.2, -0.15) is 0 Å². The summed E-state index contributed by atoms with van der Waals surface area (Å²) in [6.45, 7) is 0.0801. The van der Waals surface area contributed by atoms with Crippen LogP contribution in [0.3, 0.4) is 0 Å². The SMILES string of the molecule is COc1ccc2c(c1)C(O)C(C(=O)c1ccc(F)cc1)CO2. The lowest BCUT2D eigenvalue weighted by Crippen LogP contribution is -2.32. The number of aliphatic hydroxyl groups excluding tert-OH is 1. The first-order valence-electron chi connectivity index (χ1n) is 6.88. The van der Waals surface area contributed by atoms with Crippen molar-refractivity contribution in [3.05, 3.63) is 59.4 Å². The number of rotatable bonds is 3. The number of hydrogen-bond acceptors (Lipinski definition) is 4. The maximum atomic E-state index is 13.0. The van der Waals surface area contributed by atoms with Crippen LogP contribution in [0.4, 0.5) is 4.39 Å². The number of carbonyl (C=O) groups is 1. The van der Waals surface area contributed by atoms with Crippen LogP contribution in [-0.4, -0.2) is 24.6 Å². The quantitative estimate of drug-likeness (QED) is 0.886. The minimum atomic E-state index is -0.989. The zero-order valence-corrected chi connectivity index (χ0v) is 12.0. The first-order valence-corrected chi connectivity index (χ1v) is 6.88. The molecule has 0 saturated heterocycles. The number of benzene rings is 2. The Morgan fingerprint density at radius 2 is 2.00 bits per heavy atom.